The Labute approximate surface area is 179 Å². The first-order valence-electron chi connectivity index (χ1n) is 8.74. The van der Waals surface area contributed by atoms with Gasteiger partial charge in [0.05, 0.1) is 11.8 Å². The van der Waals surface area contributed by atoms with E-state index < -0.39 is 5.97 Å². The van der Waals surface area contributed by atoms with Crippen molar-refractivity contribution in [2.45, 2.75) is 6.92 Å². The van der Waals surface area contributed by atoms with Crippen molar-refractivity contribution in [3.8, 4) is 5.75 Å². The normalized spacial score (nSPS) is 10.6. The molecular formula is C22H18ClN3O2S. The standard InChI is InChI=1S/C22H18ClN3O2S/c1-15-4-2-6-19(12-15)25-22(29)26-24-14-16-5-3-7-20(13-16)28-21(27)17-8-10-18(23)11-9-17/h2-14H,1H3,(H2,25,26,29)/b24-14-. The average Bonchev–Trinajstić information content (AvgIpc) is 2.69. The Balaban J connectivity index is 1.57. The molecule has 29 heavy (non-hydrogen) atoms. The van der Waals surface area contributed by atoms with Gasteiger partial charge in [0.15, 0.2) is 5.11 Å². The number of hydrazone groups is 1. The molecular weight excluding hydrogens is 406 g/mol. The number of anilines is 1. The van der Waals surface area contributed by atoms with Crippen LogP contribution in [0.3, 0.4) is 0 Å². The number of benzene rings is 3. The molecule has 0 bridgehead atoms. The Kier molecular flexibility index (Phi) is 6.94. The molecule has 0 heterocycles. The van der Waals surface area contributed by atoms with E-state index in [9.17, 15) is 4.79 Å². The number of thiocarbonyl (C=S) groups is 1. The van der Waals surface area contributed by atoms with Gasteiger partial charge >= 0.3 is 5.97 Å². The van der Waals surface area contributed by atoms with E-state index in [1.807, 2.05) is 37.3 Å². The number of carbonyl (C=O) groups is 1. The predicted octanol–water partition coefficient (Wildman–Crippen LogP) is 5.19. The van der Waals surface area contributed by atoms with Crippen molar-refractivity contribution < 1.29 is 9.53 Å². The van der Waals surface area contributed by atoms with Crippen LogP contribution in [0, 0.1) is 6.92 Å². The number of esters is 1. The van der Waals surface area contributed by atoms with Gasteiger partial charge in [-0.05, 0) is 78.8 Å². The van der Waals surface area contributed by atoms with E-state index in [0.29, 0.717) is 21.4 Å². The largest absolute Gasteiger partial charge is 0.423 e. The van der Waals surface area contributed by atoms with Gasteiger partial charge in [-0.1, -0.05) is 35.9 Å². The van der Waals surface area contributed by atoms with E-state index in [1.54, 1.807) is 48.7 Å². The molecule has 146 valence electrons. The Hall–Kier alpha value is -3.22. The van der Waals surface area contributed by atoms with Gasteiger partial charge in [-0.2, -0.15) is 5.10 Å². The monoisotopic (exact) mass is 423 g/mol. The number of nitrogens with one attached hydrogen (secondary N) is 2. The molecule has 3 aromatic carbocycles. The first-order valence-corrected chi connectivity index (χ1v) is 9.53. The van der Waals surface area contributed by atoms with Crippen LogP contribution in [0.1, 0.15) is 21.5 Å². The molecule has 3 aromatic rings. The summed E-state index contributed by atoms with van der Waals surface area (Å²) in [6.45, 7) is 2.01. The fraction of sp³-hybridized carbons (Fsp3) is 0.0455. The predicted molar refractivity (Wildman–Crippen MR) is 121 cm³/mol. The van der Waals surface area contributed by atoms with Crippen LogP contribution in [0.15, 0.2) is 77.9 Å². The number of ether oxygens (including phenoxy) is 1. The van der Waals surface area contributed by atoms with Crippen molar-refractivity contribution in [3.05, 3.63) is 94.5 Å². The Morgan fingerprint density at radius 2 is 1.83 bits per heavy atom. The molecule has 0 radical (unpaired) electrons. The van der Waals surface area contributed by atoms with E-state index in [4.69, 9.17) is 28.6 Å². The summed E-state index contributed by atoms with van der Waals surface area (Å²) < 4.78 is 5.40. The number of halogens is 1. The lowest BCUT2D eigenvalue weighted by Crippen LogP contribution is -2.23. The minimum absolute atomic E-state index is 0.372. The number of aryl methyl sites for hydroxylation is 1. The molecule has 3 rings (SSSR count). The lowest BCUT2D eigenvalue weighted by Gasteiger charge is -2.07. The summed E-state index contributed by atoms with van der Waals surface area (Å²) in [4.78, 5) is 12.2. The number of hydrogen-bond acceptors (Lipinski definition) is 4. The maximum atomic E-state index is 12.2. The summed E-state index contributed by atoms with van der Waals surface area (Å²) >= 11 is 11.1. The van der Waals surface area contributed by atoms with Crippen LogP contribution in [-0.4, -0.2) is 17.3 Å². The molecule has 0 fully saturated rings. The van der Waals surface area contributed by atoms with Gasteiger partial charge in [-0.15, -0.1) is 0 Å². The summed E-state index contributed by atoms with van der Waals surface area (Å²) in [6.07, 6.45) is 1.59. The number of hydrogen-bond donors (Lipinski definition) is 2. The second-order valence-electron chi connectivity index (χ2n) is 6.16. The van der Waals surface area contributed by atoms with Crippen molar-refractivity contribution in [2.24, 2.45) is 5.10 Å². The summed E-state index contributed by atoms with van der Waals surface area (Å²) in [5.41, 5.74) is 5.94. The van der Waals surface area contributed by atoms with Crippen molar-refractivity contribution in [1.29, 1.82) is 0 Å². The van der Waals surface area contributed by atoms with Gasteiger partial charge in [0, 0.05) is 10.7 Å². The van der Waals surface area contributed by atoms with E-state index >= 15 is 0 Å². The summed E-state index contributed by atoms with van der Waals surface area (Å²) in [5, 5.41) is 8.10. The van der Waals surface area contributed by atoms with Gasteiger partial charge in [0.1, 0.15) is 5.75 Å². The van der Waals surface area contributed by atoms with Crippen molar-refractivity contribution in [3.63, 3.8) is 0 Å². The maximum Gasteiger partial charge on any atom is 0.343 e. The molecule has 0 unspecified atom stereocenters. The first kappa shape index (κ1) is 20.5. The quantitative estimate of drug-likeness (QED) is 0.194. The van der Waals surface area contributed by atoms with E-state index in [2.05, 4.69) is 15.8 Å². The van der Waals surface area contributed by atoms with Crippen LogP contribution >= 0.6 is 23.8 Å². The molecule has 2 N–H and O–H groups in total. The first-order chi connectivity index (χ1) is 14.0. The van der Waals surface area contributed by atoms with Gasteiger partial charge in [-0.3, -0.25) is 5.43 Å². The van der Waals surface area contributed by atoms with Gasteiger partial charge < -0.3 is 10.1 Å². The van der Waals surface area contributed by atoms with E-state index in [-0.39, 0.29) is 0 Å². The summed E-state index contributed by atoms with van der Waals surface area (Å²) in [7, 11) is 0. The maximum absolute atomic E-state index is 12.2. The van der Waals surface area contributed by atoms with Crippen LogP contribution in [0.5, 0.6) is 5.75 Å². The van der Waals surface area contributed by atoms with Gasteiger partial charge in [-0.25, -0.2) is 4.79 Å². The van der Waals surface area contributed by atoms with Crippen molar-refractivity contribution in [2.75, 3.05) is 5.32 Å². The molecule has 0 spiro atoms. The molecule has 5 nitrogen and oxygen atoms in total. The highest BCUT2D eigenvalue weighted by Gasteiger charge is 2.08. The van der Waals surface area contributed by atoms with E-state index in [0.717, 1.165) is 16.8 Å². The van der Waals surface area contributed by atoms with Crippen LogP contribution in [0.2, 0.25) is 5.02 Å². The zero-order valence-electron chi connectivity index (χ0n) is 15.6. The zero-order chi connectivity index (χ0) is 20.6. The smallest absolute Gasteiger partial charge is 0.343 e. The third-order valence-electron chi connectivity index (χ3n) is 3.80. The minimum atomic E-state index is -0.461. The second-order valence-corrected chi connectivity index (χ2v) is 7.01. The summed E-state index contributed by atoms with van der Waals surface area (Å²) in [6, 6.07) is 21.4. The van der Waals surface area contributed by atoms with Gasteiger partial charge in [0.2, 0.25) is 0 Å². The number of rotatable bonds is 5. The van der Waals surface area contributed by atoms with Crippen molar-refractivity contribution in [1.82, 2.24) is 5.43 Å². The highest BCUT2D eigenvalue weighted by molar-refractivity contribution is 7.80. The van der Waals surface area contributed by atoms with Gasteiger partial charge in [0.25, 0.3) is 0 Å². The van der Waals surface area contributed by atoms with Crippen LogP contribution in [-0.2, 0) is 0 Å². The zero-order valence-corrected chi connectivity index (χ0v) is 17.1. The van der Waals surface area contributed by atoms with Crippen LogP contribution in [0.4, 0.5) is 5.69 Å². The topological polar surface area (TPSA) is 62.7 Å². The molecule has 0 aliphatic carbocycles. The SMILES string of the molecule is Cc1cccc(NC(=S)N/N=C\c2cccc(OC(=O)c3ccc(Cl)cc3)c2)c1. The Morgan fingerprint density at radius 1 is 1.07 bits per heavy atom. The lowest BCUT2D eigenvalue weighted by atomic mass is 10.2. The average molecular weight is 424 g/mol. The van der Waals surface area contributed by atoms with E-state index in [1.165, 1.54) is 0 Å². The molecule has 0 saturated heterocycles. The number of nitrogens with zero attached hydrogens (tertiary/aromatic N) is 1. The third-order valence-corrected chi connectivity index (χ3v) is 4.25. The summed E-state index contributed by atoms with van der Waals surface area (Å²) in [5.74, 6) is -0.0493. The molecule has 0 aromatic heterocycles. The second kappa shape index (κ2) is 9.82. The highest BCUT2D eigenvalue weighted by Crippen LogP contribution is 2.16. The molecule has 0 amide bonds. The third kappa shape index (κ3) is 6.41. The fourth-order valence-corrected chi connectivity index (χ4v) is 2.75. The molecule has 0 aliphatic rings. The minimum Gasteiger partial charge on any atom is -0.423 e. The van der Waals surface area contributed by atoms with Crippen molar-refractivity contribution >= 4 is 46.8 Å². The molecule has 0 aliphatic heterocycles. The fourth-order valence-electron chi connectivity index (χ4n) is 2.46. The lowest BCUT2D eigenvalue weighted by molar-refractivity contribution is 0.0735. The number of carbonyl (C=O) groups excluding carboxylic acids is 1. The van der Waals surface area contributed by atoms with Crippen LogP contribution in [0.25, 0.3) is 0 Å². The molecule has 7 heteroatoms. The highest BCUT2D eigenvalue weighted by atomic mass is 35.5. The van der Waals surface area contributed by atoms with Crippen LogP contribution < -0.4 is 15.5 Å². The Morgan fingerprint density at radius 3 is 2.59 bits per heavy atom. The molecule has 0 atom stereocenters. The Bertz CT molecular complexity index is 1050. The molecule has 0 saturated carbocycles.